The number of hydrogen-bond donors (Lipinski definition) is 1. The molecule has 1 heterocycles. The van der Waals surface area contributed by atoms with E-state index in [2.05, 4.69) is 5.32 Å². The predicted octanol–water partition coefficient (Wildman–Crippen LogP) is 3.24. The molecule has 0 aliphatic heterocycles. The van der Waals surface area contributed by atoms with Crippen molar-refractivity contribution in [2.24, 2.45) is 0 Å². The molecule has 0 aliphatic carbocycles. The van der Waals surface area contributed by atoms with Crippen molar-refractivity contribution in [1.82, 2.24) is 0 Å². The number of hydrogen-bond acceptors (Lipinski definition) is 4. The van der Waals surface area contributed by atoms with E-state index in [0.717, 1.165) is 5.56 Å². The van der Waals surface area contributed by atoms with Crippen LogP contribution in [0, 0.1) is 6.92 Å². The third-order valence-electron chi connectivity index (χ3n) is 2.74. The first-order chi connectivity index (χ1) is 9.58. The van der Waals surface area contributed by atoms with Gasteiger partial charge in [0.1, 0.15) is 4.88 Å². The summed E-state index contributed by atoms with van der Waals surface area (Å²) < 4.78 is 5.17. The number of aryl methyl sites for hydroxylation is 1. The van der Waals surface area contributed by atoms with Crippen LogP contribution in [0.25, 0.3) is 0 Å². The van der Waals surface area contributed by atoms with Gasteiger partial charge in [0.15, 0.2) is 6.10 Å². The maximum absolute atomic E-state index is 11.9. The van der Waals surface area contributed by atoms with Gasteiger partial charge in [-0.2, -0.15) is 0 Å². The summed E-state index contributed by atoms with van der Waals surface area (Å²) in [5, 5.41) is 4.51. The molecule has 2 aromatic rings. The predicted molar refractivity (Wildman–Crippen MR) is 79.0 cm³/mol. The first kappa shape index (κ1) is 14.3. The molecule has 4 nitrogen and oxygen atoms in total. The van der Waals surface area contributed by atoms with Crippen LogP contribution in [0.5, 0.6) is 0 Å². The van der Waals surface area contributed by atoms with Crippen molar-refractivity contribution in [2.45, 2.75) is 20.0 Å². The molecule has 0 unspecified atom stereocenters. The zero-order valence-corrected chi connectivity index (χ0v) is 12.1. The number of nitrogens with one attached hydrogen (secondary N) is 1. The van der Waals surface area contributed by atoms with Crippen LogP contribution in [0.3, 0.4) is 0 Å². The van der Waals surface area contributed by atoms with E-state index in [1.807, 2.05) is 36.6 Å². The number of rotatable bonds is 4. The van der Waals surface area contributed by atoms with Crippen molar-refractivity contribution in [3.05, 3.63) is 52.2 Å². The van der Waals surface area contributed by atoms with Crippen LogP contribution in [0.15, 0.2) is 41.8 Å². The van der Waals surface area contributed by atoms with Gasteiger partial charge in [-0.1, -0.05) is 18.2 Å². The summed E-state index contributed by atoms with van der Waals surface area (Å²) in [6.45, 7) is 3.39. The Hall–Kier alpha value is -2.14. The molecule has 0 aliphatic rings. The third-order valence-corrected chi connectivity index (χ3v) is 3.74. The molecule has 2 rings (SSSR count). The average Bonchev–Trinajstić information content (AvgIpc) is 2.86. The Morgan fingerprint density at radius 3 is 2.50 bits per heavy atom. The van der Waals surface area contributed by atoms with Gasteiger partial charge in [-0.25, -0.2) is 4.79 Å². The van der Waals surface area contributed by atoms with Crippen LogP contribution in [0.1, 0.15) is 22.2 Å². The molecule has 0 spiro atoms. The number of ether oxygens (including phenoxy) is 1. The van der Waals surface area contributed by atoms with E-state index in [1.54, 1.807) is 19.1 Å². The van der Waals surface area contributed by atoms with Crippen LogP contribution < -0.4 is 5.32 Å². The SMILES string of the molecule is Cc1ccsc1C(=O)O[C@@H](C)C(=O)Nc1ccccc1. The Morgan fingerprint density at radius 2 is 1.90 bits per heavy atom. The van der Waals surface area contributed by atoms with E-state index in [0.29, 0.717) is 10.6 Å². The minimum absolute atomic E-state index is 0.348. The highest BCUT2D eigenvalue weighted by Crippen LogP contribution is 2.17. The number of anilines is 1. The molecule has 0 radical (unpaired) electrons. The summed E-state index contributed by atoms with van der Waals surface area (Å²) in [6, 6.07) is 10.9. The van der Waals surface area contributed by atoms with Gasteiger partial charge in [-0.15, -0.1) is 11.3 Å². The van der Waals surface area contributed by atoms with Crippen LogP contribution in [0.4, 0.5) is 5.69 Å². The summed E-state index contributed by atoms with van der Waals surface area (Å²) in [5.41, 5.74) is 1.53. The second kappa shape index (κ2) is 6.34. The molecular weight excluding hydrogens is 274 g/mol. The largest absolute Gasteiger partial charge is 0.448 e. The zero-order chi connectivity index (χ0) is 14.5. The maximum atomic E-state index is 11.9. The van der Waals surface area contributed by atoms with Gasteiger partial charge < -0.3 is 10.1 Å². The highest BCUT2D eigenvalue weighted by molar-refractivity contribution is 7.12. The van der Waals surface area contributed by atoms with Gasteiger partial charge >= 0.3 is 5.97 Å². The highest BCUT2D eigenvalue weighted by atomic mass is 32.1. The molecule has 104 valence electrons. The van der Waals surface area contributed by atoms with E-state index in [4.69, 9.17) is 4.74 Å². The van der Waals surface area contributed by atoms with Crippen molar-refractivity contribution < 1.29 is 14.3 Å². The normalized spacial score (nSPS) is 11.7. The highest BCUT2D eigenvalue weighted by Gasteiger charge is 2.20. The van der Waals surface area contributed by atoms with E-state index in [-0.39, 0.29) is 5.91 Å². The molecule has 1 atom stereocenters. The lowest BCUT2D eigenvalue weighted by Gasteiger charge is -2.13. The van der Waals surface area contributed by atoms with Crippen molar-refractivity contribution in [3.8, 4) is 0 Å². The second-order valence-corrected chi connectivity index (χ2v) is 5.25. The maximum Gasteiger partial charge on any atom is 0.349 e. The summed E-state index contributed by atoms with van der Waals surface area (Å²) in [7, 11) is 0. The molecule has 1 aromatic carbocycles. The smallest absolute Gasteiger partial charge is 0.349 e. The fourth-order valence-corrected chi connectivity index (χ4v) is 2.42. The van der Waals surface area contributed by atoms with Crippen molar-refractivity contribution in [3.63, 3.8) is 0 Å². The minimum atomic E-state index is -0.843. The molecular formula is C15H15NO3S. The van der Waals surface area contributed by atoms with Gasteiger partial charge in [-0.05, 0) is 43.0 Å². The molecule has 5 heteroatoms. The minimum Gasteiger partial charge on any atom is -0.448 e. The van der Waals surface area contributed by atoms with E-state index in [9.17, 15) is 9.59 Å². The van der Waals surface area contributed by atoms with Gasteiger partial charge in [0.25, 0.3) is 5.91 Å². The summed E-state index contributed by atoms with van der Waals surface area (Å²) in [4.78, 5) is 24.4. The van der Waals surface area contributed by atoms with Crippen molar-refractivity contribution in [1.29, 1.82) is 0 Å². The molecule has 1 amide bonds. The van der Waals surface area contributed by atoms with Gasteiger partial charge in [-0.3, -0.25) is 4.79 Å². The van der Waals surface area contributed by atoms with E-state index >= 15 is 0 Å². The molecule has 0 bridgehead atoms. The van der Waals surface area contributed by atoms with Crippen LogP contribution in [-0.4, -0.2) is 18.0 Å². The Balaban J connectivity index is 1.95. The lowest BCUT2D eigenvalue weighted by Crippen LogP contribution is -2.29. The number of carbonyl (C=O) groups is 2. The van der Waals surface area contributed by atoms with E-state index < -0.39 is 12.1 Å². The van der Waals surface area contributed by atoms with Gasteiger partial charge in [0, 0.05) is 5.69 Å². The summed E-state index contributed by atoms with van der Waals surface area (Å²) >= 11 is 1.31. The second-order valence-electron chi connectivity index (χ2n) is 4.34. The molecule has 0 saturated carbocycles. The Bertz CT molecular complexity index is 607. The molecule has 1 N–H and O–H groups in total. The van der Waals surface area contributed by atoms with Crippen LogP contribution in [-0.2, 0) is 9.53 Å². The Kier molecular flexibility index (Phi) is 4.53. The van der Waals surface area contributed by atoms with Crippen molar-refractivity contribution >= 4 is 28.9 Å². The molecule has 0 fully saturated rings. The summed E-state index contributed by atoms with van der Waals surface area (Å²) in [5.74, 6) is -0.813. The first-order valence-electron chi connectivity index (χ1n) is 6.19. The topological polar surface area (TPSA) is 55.4 Å². The quantitative estimate of drug-likeness (QED) is 0.879. The number of amides is 1. The third kappa shape index (κ3) is 3.45. The standard InChI is InChI=1S/C15H15NO3S/c1-10-8-9-20-13(10)15(18)19-11(2)14(17)16-12-6-4-3-5-7-12/h3-9,11H,1-2H3,(H,16,17)/t11-/m0/s1. The Morgan fingerprint density at radius 1 is 1.20 bits per heavy atom. The Labute approximate surface area is 121 Å². The van der Waals surface area contributed by atoms with Gasteiger partial charge in [0.2, 0.25) is 0 Å². The van der Waals surface area contributed by atoms with Gasteiger partial charge in [0.05, 0.1) is 0 Å². The monoisotopic (exact) mass is 289 g/mol. The number of para-hydroxylation sites is 1. The number of esters is 1. The fraction of sp³-hybridized carbons (Fsp3) is 0.200. The lowest BCUT2D eigenvalue weighted by atomic mass is 10.3. The number of carbonyl (C=O) groups excluding carboxylic acids is 2. The molecule has 20 heavy (non-hydrogen) atoms. The average molecular weight is 289 g/mol. The number of benzene rings is 1. The lowest BCUT2D eigenvalue weighted by molar-refractivity contribution is -0.123. The fourth-order valence-electron chi connectivity index (χ4n) is 1.61. The van der Waals surface area contributed by atoms with Crippen molar-refractivity contribution in [2.75, 3.05) is 5.32 Å². The number of thiophene rings is 1. The van der Waals surface area contributed by atoms with Crippen LogP contribution >= 0.6 is 11.3 Å². The van der Waals surface area contributed by atoms with Crippen LogP contribution in [0.2, 0.25) is 0 Å². The molecule has 0 saturated heterocycles. The van der Waals surface area contributed by atoms with E-state index in [1.165, 1.54) is 11.3 Å². The zero-order valence-electron chi connectivity index (χ0n) is 11.3. The summed E-state index contributed by atoms with van der Waals surface area (Å²) in [6.07, 6.45) is -0.843. The molecule has 1 aromatic heterocycles. The first-order valence-corrected chi connectivity index (χ1v) is 7.07.